The van der Waals surface area contributed by atoms with Gasteiger partial charge in [-0.25, -0.2) is 0 Å². The first kappa shape index (κ1) is 19.7. The van der Waals surface area contributed by atoms with Crippen LogP contribution in [0.25, 0.3) is 0 Å². The Balaban J connectivity index is 2.01. The van der Waals surface area contributed by atoms with E-state index in [1.54, 1.807) is 0 Å². The monoisotopic (exact) mass is 337 g/mol. The summed E-state index contributed by atoms with van der Waals surface area (Å²) in [7, 11) is 0. The molecule has 0 heterocycles. The first-order valence-electron chi connectivity index (χ1n) is 10.1. The summed E-state index contributed by atoms with van der Waals surface area (Å²) in [6.07, 6.45) is 10.4. The second-order valence-electron chi connectivity index (χ2n) is 7.45. The van der Waals surface area contributed by atoms with Crippen molar-refractivity contribution in [2.45, 2.75) is 76.7 Å². The fraction of sp³-hybridized carbons (Fsp3) is 0.500. The van der Waals surface area contributed by atoms with Crippen LogP contribution in [0.1, 0.15) is 76.3 Å². The Morgan fingerprint density at radius 1 is 0.720 bits per heavy atom. The zero-order valence-corrected chi connectivity index (χ0v) is 16.1. The van der Waals surface area contributed by atoms with Crippen LogP contribution in [-0.2, 0) is 5.41 Å². The van der Waals surface area contributed by atoms with Crippen LogP contribution in [0.15, 0.2) is 60.7 Å². The third-order valence-corrected chi connectivity index (χ3v) is 5.61. The van der Waals surface area contributed by atoms with Gasteiger partial charge in [0.25, 0.3) is 0 Å². The van der Waals surface area contributed by atoms with Crippen molar-refractivity contribution in [1.29, 1.82) is 0 Å². The van der Waals surface area contributed by atoms with Crippen LogP contribution >= 0.6 is 0 Å². The molecule has 0 spiro atoms. The summed E-state index contributed by atoms with van der Waals surface area (Å²) in [4.78, 5) is 0. The number of unbranched alkanes of at least 4 members (excludes halogenated alkanes) is 6. The predicted molar refractivity (Wildman–Crippen MR) is 110 cm³/mol. The van der Waals surface area contributed by atoms with Gasteiger partial charge in [-0.3, -0.25) is 0 Å². The molecule has 0 aliphatic rings. The van der Waals surface area contributed by atoms with E-state index >= 15 is 0 Å². The Kier molecular flexibility index (Phi) is 8.21. The summed E-state index contributed by atoms with van der Waals surface area (Å²) in [6, 6.07) is 21.7. The normalized spacial score (nSPS) is 12.9. The van der Waals surface area contributed by atoms with Crippen LogP contribution < -0.4 is 5.73 Å². The van der Waals surface area contributed by atoms with Gasteiger partial charge in [0.1, 0.15) is 0 Å². The highest BCUT2D eigenvalue weighted by Crippen LogP contribution is 2.36. The molecule has 0 aromatic heterocycles. The number of benzene rings is 2. The molecule has 2 N–H and O–H groups in total. The van der Waals surface area contributed by atoms with Crippen LogP contribution in [0.3, 0.4) is 0 Å². The average molecular weight is 338 g/mol. The largest absolute Gasteiger partial charge is 0.327 e. The molecule has 0 saturated carbocycles. The zero-order chi connectivity index (χ0) is 18.0. The summed E-state index contributed by atoms with van der Waals surface area (Å²) in [5.41, 5.74) is 9.28. The average Bonchev–Trinajstić information content (AvgIpc) is 2.67. The molecule has 1 unspecified atom stereocenters. The van der Waals surface area contributed by atoms with Crippen LogP contribution in [0, 0.1) is 0 Å². The third kappa shape index (κ3) is 5.44. The lowest BCUT2D eigenvalue weighted by Gasteiger charge is -2.37. The van der Waals surface area contributed by atoms with Crippen molar-refractivity contribution < 1.29 is 0 Å². The Hall–Kier alpha value is -1.60. The first-order chi connectivity index (χ1) is 12.2. The van der Waals surface area contributed by atoms with Gasteiger partial charge < -0.3 is 5.73 Å². The Morgan fingerprint density at radius 3 is 1.64 bits per heavy atom. The molecule has 0 fully saturated rings. The predicted octanol–water partition coefficient (Wildman–Crippen LogP) is 6.46. The minimum Gasteiger partial charge on any atom is -0.327 e. The lowest BCUT2D eigenvalue weighted by Crippen LogP contribution is -2.44. The van der Waals surface area contributed by atoms with Gasteiger partial charge in [0.05, 0.1) is 0 Å². The van der Waals surface area contributed by atoms with Crippen molar-refractivity contribution in [3.63, 3.8) is 0 Å². The van der Waals surface area contributed by atoms with Gasteiger partial charge in [0.2, 0.25) is 0 Å². The number of hydrogen-bond donors (Lipinski definition) is 1. The minimum atomic E-state index is -0.134. The standard InChI is InChI=1S/C24H35N/c1-3-4-5-6-7-8-15-20-23(25)24(2,21-16-11-9-12-17-21)22-18-13-10-14-19-22/h9-14,16-19,23H,3-8,15,20,25H2,1-2H3. The van der Waals surface area contributed by atoms with E-state index < -0.39 is 0 Å². The van der Waals surface area contributed by atoms with Gasteiger partial charge in [0.15, 0.2) is 0 Å². The minimum absolute atomic E-state index is 0.132. The molecule has 0 radical (unpaired) electrons. The summed E-state index contributed by atoms with van der Waals surface area (Å²) in [5.74, 6) is 0. The highest BCUT2D eigenvalue weighted by Gasteiger charge is 2.34. The highest BCUT2D eigenvalue weighted by atomic mass is 14.7. The molecule has 0 aliphatic carbocycles. The summed E-state index contributed by atoms with van der Waals surface area (Å²) in [6.45, 7) is 4.58. The van der Waals surface area contributed by atoms with Gasteiger partial charge in [0, 0.05) is 11.5 Å². The maximum absolute atomic E-state index is 6.78. The third-order valence-electron chi connectivity index (χ3n) is 5.61. The maximum Gasteiger partial charge on any atom is 0.0325 e. The van der Waals surface area contributed by atoms with Crippen molar-refractivity contribution in [3.8, 4) is 0 Å². The second kappa shape index (κ2) is 10.4. The van der Waals surface area contributed by atoms with E-state index in [4.69, 9.17) is 5.73 Å². The van der Waals surface area contributed by atoms with Crippen LogP contribution in [0.4, 0.5) is 0 Å². The molecule has 1 nitrogen and oxygen atoms in total. The van der Waals surface area contributed by atoms with E-state index in [9.17, 15) is 0 Å². The Morgan fingerprint density at radius 2 is 1.16 bits per heavy atom. The van der Waals surface area contributed by atoms with Crippen molar-refractivity contribution >= 4 is 0 Å². The van der Waals surface area contributed by atoms with Gasteiger partial charge in [-0.05, 0) is 24.5 Å². The van der Waals surface area contributed by atoms with Gasteiger partial charge in [-0.1, -0.05) is 113 Å². The topological polar surface area (TPSA) is 26.0 Å². The number of nitrogens with two attached hydrogens (primary N) is 1. The molecule has 1 heteroatoms. The molecular formula is C24H35N. The molecule has 2 rings (SSSR count). The molecule has 0 amide bonds. The lowest BCUT2D eigenvalue weighted by atomic mass is 9.69. The van der Waals surface area contributed by atoms with Gasteiger partial charge >= 0.3 is 0 Å². The Bertz CT molecular complexity index is 536. The zero-order valence-electron chi connectivity index (χ0n) is 16.1. The molecule has 0 bridgehead atoms. The van der Waals surface area contributed by atoms with Gasteiger partial charge in [-0.2, -0.15) is 0 Å². The molecule has 136 valence electrons. The molecule has 25 heavy (non-hydrogen) atoms. The van der Waals surface area contributed by atoms with E-state index in [0.29, 0.717) is 0 Å². The number of hydrogen-bond acceptors (Lipinski definition) is 1. The van der Waals surface area contributed by atoms with Crippen molar-refractivity contribution in [2.24, 2.45) is 5.73 Å². The van der Waals surface area contributed by atoms with E-state index in [0.717, 1.165) is 6.42 Å². The van der Waals surface area contributed by atoms with E-state index in [-0.39, 0.29) is 11.5 Å². The molecule has 2 aromatic carbocycles. The van der Waals surface area contributed by atoms with E-state index in [1.807, 2.05) is 0 Å². The van der Waals surface area contributed by atoms with Crippen LogP contribution in [-0.4, -0.2) is 6.04 Å². The number of rotatable bonds is 11. The second-order valence-corrected chi connectivity index (χ2v) is 7.45. The molecule has 0 saturated heterocycles. The van der Waals surface area contributed by atoms with Crippen LogP contribution in [0.5, 0.6) is 0 Å². The van der Waals surface area contributed by atoms with Crippen molar-refractivity contribution in [2.75, 3.05) is 0 Å². The van der Waals surface area contributed by atoms with E-state index in [2.05, 4.69) is 74.5 Å². The SMILES string of the molecule is CCCCCCCCCC(N)C(C)(c1ccccc1)c1ccccc1. The van der Waals surface area contributed by atoms with Crippen LogP contribution in [0.2, 0.25) is 0 Å². The van der Waals surface area contributed by atoms with Gasteiger partial charge in [-0.15, -0.1) is 0 Å². The summed E-state index contributed by atoms with van der Waals surface area (Å²) in [5, 5.41) is 0. The molecule has 0 aliphatic heterocycles. The lowest BCUT2D eigenvalue weighted by molar-refractivity contribution is 0.401. The van der Waals surface area contributed by atoms with E-state index in [1.165, 1.54) is 56.1 Å². The maximum atomic E-state index is 6.78. The fourth-order valence-electron chi connectivity index (χ4n) is 3.77. The quantitative estimate of drug-likeness (QED) is 0.468. The van der Waals surface area contributed by atoms with Crippen molar-refractivity contribution in [1.82, 2.24) is 0 Å². The molecular weight excluding hydrogens is 302 g/mol. The first-order valence-corrected chi connectivity index (χ1v) is 10.1. The summed E-state index contributed by atoms with van der Waals surface area (Å²) < 4.78 is 0. The smallest absolute Gasteiger partial charge is 0.0325 e. The molecule has 2 aromatic rings. The fourth-order valence-corrected chi connectivity index (χ4v) is 3.77. The molecule has 1 atom stereocenters. The Labute approximate surface area is 154 Å². The highest BCUT2D eigenvalue weighted by molar-refractivity contribution is 5.40. The van der Waals surface area contributed by atoms with Crippen molar-refractivity contribution in [3.05, 3.63) is 71.8 Å². The summed E-state index contributed by atoms with van der Waals surface area (Å²) >= 11 is 0.